The maximum absolute atomic E-state index is 11.5. The van der Waals surface area contributed by atoms with E-state index < -0.39 is 11.9 Å². The molecule has 0 heterocycles. The Bertz CT molecular complexity index is 1870. The van der Waals surface area contributed by atoms with Crippen LogP contribution >= 0.6 is 31.9 Å². The Morgan fingerprint density at radius 1 is 0.481 bits per heavy atom. The highest BCUT2D eigenvalue weighted by Crippen LogP contribution is 2.38. The summed E-state index contributed by atoms with van der Waals surface area (Å²) in [7, 11) is 0. The molecule has 6 aromatic rings. The van der Waals surface area contributed by atoms with Crippen molar-refractivity contribution in [1.82, 2.24) is 0 Å². The fraction of sp³-hybridized carbons (Fsp3) is 0.136. The minimum absolute atomic E-state index is 0.00215. The fourth-order valence-corrected chi connectivity index (χ4v) is 6.61. The van der Waals surface area contributed by atoms with Gasteiger partial charge in [-0.15, -0.1) is 0 Å². The number of carbonyl (C=O) groups is 2. The van der Waals surface area contributed by atoms with Crippen molar-refractivity contribution in [2.45, 2.75) is 37.9 Å². The first-order valence-electron chi connectivity index (χ1n) is 16.7. The molecular formula is C44H38Br2O6. The van der Waals surface area contributed by atoms with Gasteiger partial charge in [0.25, 0.3) is 0 Å². The first kappa shape index (κ1) is 38.1. The number of aliphatic carboxylic acids is 2. The Morgan fingerprint density at radius 3 is 1.13 bits per heavy atom. The SMILES string of the molecule is O=C(O)CC(c1ccccc1)c1cc(Br)ccc1OCc1ccccc1.O=C(O)CC(c1ccccc1)c1cc(Br)ccc1OCc1ccccc1. The van der Waals surface area contributed by atoms with Gasteiger partial charge in [0.2, 0.25) is 0 Å². The van der Waals surface area contributed by atoms with Crippen LogP contribution in [0.1, 0.15) is 58.1 Å². The second kappa shape index (κ2) is 19.4. The van der Waals surface area contributed by atoms with E-state index >= 15 is 0 Å². The molecule has 6 rings (SSSR count). The Kier molecular flexibility index (Phi) is 14.2. The summed E-state index contributed by atoms with van der Waals surface area (Å²) in [6.45, 7) is 0.869. The van der Waals surface area contributed by atoms with E-state index in [4.69, 9.17) is 9.47 Å². The van der Waals surface area contributed by atoms with Gasteiger partial charge in [-0.2, -0.15) is 0 Å². The summed E-state index contributed by atoms with van der Waals surface area (Å²) in [4.78, 5) is 23.0. The monoisotopic (exact) mass is 820 g/mol. The Balaban J connectivity index is 0.000000201. The van der Waals surface area contributed by atoms with E-state index in [0.29, 0.717) is 24.7 Å². The molecule has 52 heavy (non-hydrogen) atoms. The Labute approximate surface area is 321 Å². The molecule has 2 N–H and O–H groups in total. The average Bonchev–Trinajstić information content (AvgIpc) is 3.16. The van der Waals surface area contributed by atoms with Gasteiger partial charge in [0.05, 0.1) is 12.8 Å². The third-order valence-electron chi connectivity index (χ3n) is 8.33. The molecule has 0 aliphatic heterocycles. The quantitative estimate of drug-likeness (QED) is 0.114. The lowest BCUT2D eigenvalue weighted by atomic mass is 9.88. The van der Waals surface area contributed by atoms with E-state index in [1.54, 1.807) is 0 Å². The van der Waals surface area contributed by atoms with E-state index in [-0.39, 0.29) is 24.7 Å². The number of carboxylic acid groups (broad SMARTS) is 2. The normalized spacial score (nSPS) is 11.7. The number of benzene rings is 6. The molecule has 0 aliphatic carbocycles. The maximum Gasteiger partial charge on any atom is 0.304 e. The van der Waals surface area contributed by atoms with Crippen molar-refractivity contribution in [3.8, 4) is 11.5 Å². The largest absolute Gasteiger partial charge is 0.489 e. The van der Waals surface area contributed by atoms with Crippen molar-refractivity contribution < 1.29 is 29.3 Å². The van der Waals surface area contributed by atoms with E-state index in [2.05, 4.69) is 31.9 Å². The van der Waals surface area contributed by atoms with E-state index in [1.807, 2.05) is 158 Å². The number of halogens is 2. The average molecular weight is 823 g/mol. The molecular weight excluding hydrogens is 784 g/mol. The third kappa shape index (κ3) is 11.4. The van der Waals surface area contributed by atoms with Crippen LogP contribution in [0.25, 0.3) is 0 Å². The van der Waals surface area contributed by atoms with Gasteiger partial charge in [-0.1, -0.05) is 153 Å². The number of hydrogen-bond donors (Lipinski definition) is 2. The van der Waals surface area contributed by atoms with Crippen LogP contribution < -0.4 is 9.47 Å². The molecule has 0 amide bonds. The maximum atomic E-state index is 11.5. The van der Waals surface area contributed by atoms with Crippen molar-refractivity contribution >= 4 is 43.8 Å². The van der Waals surface area contributed by atoms with Crippen molar-refractivity contribution in [3.63, 3.8) is 0 Å². The molecule has 2 unspecified atom stereocenters. The highest BCUT2D eigenvalue weighted by atomic mass is 79.9. The minimum Gasteiger partial charge on any atom is -0.489 e. The second-order valence-corrected chi connectivity index (χ2v) is 13.9. The summed E-state index contributed by atoms with van der Waals surface area (Å²) >= 11 is 6.99. The number of rotatable bonds is 14. The molecule has 2 atom stereocenters. The van der Waals surface area contributed by atoms with E-state index in [0.717, 1.165) is 42.3 Å². The van der Waals surface area contributed by atoms with Crippen LogP contribution in [0.15, 0.2) is 167 Å². The highest BCUT2D eigenvalue weighted by Gasteiger charge is 2.23. The third-order valence-corrected chi connectivity index (χ3v) is 9.32. The molecule has 0 saturated carbocycles. The fourth-order valence-electron chi connectivity index (χ4n) is 5.85. The molecule has 8 heteroatoms. The van der Waals surface area contributed by atoms with Gasteiger partial charge in [-0.05, 0) is 58.7 Å². The number of carboxylic acids is 2. The zero-order valence-corrected chi connectivity index (χ0v) is 31.4. The van der Waals surface area contributed by atoms with E-state index in [1.165, 1.54) is 0 Å². The van der Waals surface area contributed by atoms with Crippen molar-refractivity contribution in [2.75, 3.05) is 0 Å². The summed E-state index contributed by atoms with van der Waals surface area (Å²) in [6, 6.07) is 50.7. The molecule has 0 radical (unpaired) electrons. The molecule has 0 spiro atoms. The molecule has 6 nitrogen and oxygen atoms in total. The van der Waals surface area contributed by atoms with Crippen LogP contribution in [-0.4, -0.2) is 22.2 Å². The molecule has 264 valence electrons. The van der Waals surface area contributed by atoms with Crippen LogP contribution in [0.4, 0.5) is 0 Å². The van der Waals surface area contributed by atoms with Gasteiger partial charge in [-0.3, -0.25) is 9.59 Å². The lowest BCUT2D eigenvalue weighted by molar-refractivity contribution is -0.138. The van der Waals surface area contributed by atoms with Crippen molar-refractivity contribution in [1.29, 1.82) is 0 Å². The van der Waals surface area contributed by atoms with E-state index in [9.17, 15) is 19.8 Å². The molecule has 0 saturated heterocycles. The Hall–Kier alpha value is -5.18. The van der Waals surface area contributed by atoms with Crippen LogP contribution in [0.5, 0.6) is 11.5 Å². The summed E-state index contributed by atoms with van der Waals surface area (Å²) in [5.41, 5.74) is 5.77. The highest BCUT2D eigenvalue weighted by molar-refractivity contribution is 9.10. The lowest BCUT2D eigenvalue weighted by Gasteiger charge is -2.20. The smallest absolute Gasteiger partial charge is 0.304 e. The summed E-state index contributed by atoms with van der Waals surface area (Å²) < 4.78 is 13.9. The first-order chi connectivity index (χ1) is 25.3. The van der Waals surface area contributed by atoms with Gasteiger partial charge in [0.15, 0.2) is 0 Å². The minimum atomic E-state index is -0.840. The van der Waals surface area contributed by atoms with Gasteiger partial charge in [0, 0.05) is 31.9 Å². The van der Waals surface area contributed by atoms with Crippen LogP contribution in [0.2, 0.25) is 0 Å². The molecule has 0 fully saturated rings. The van der Waals surface area contributed by atoms with Gasteiger partial charge in [0.1, 0.15) is 24.7 Å². The number of hydrogen-bond acceptors (Lipinski definition) is 4. The Morgan fingerprint density at radius 2 is 0.808 bits per heavy atom. The van der Waals surface area contributed by atoms with Crippen molar-refractivity contribution in [3.05, 3.63) is 200 Å². The van der Waals surface area contributed by atoms with Crippen LogP contribution in [0, 0.1) is 0 Å². The topological polar surface area (TPSA) is 93.1 Å². The van der Waals surface area contributed by atoms with Crippen LogP contribution in [-0.2, 0) is 22.8 Å². The first-order valence-corrected chi connectivity index (χ1v) is 18.3. The molecule has 0 bridgehead atoms. The molecule has 6 aromatic carbocycles. The summed E-state index contributed by atoms with van der Waals surface area (Å²) in [6.07, 6.45) is 0.00429. The van der Waals surface area contributed by atoms with Crippen molar-refractivity contribution in [2.24, 2.45) is 0 Å². The molecule has 0 aromatic heterocycles. The zero-order chi connectivity index (χ0) is 36.7. The number of ether oxygens (including phenoxy) is 2. The molecule has 0 aliphatic rings. The van der Waals surface area contributed by atoms with Crippen LogP contribution in [0.3, 0.4) is 0 Å². The summed E-state index contributed by atoms with van der Waals surface area (Å²) in [5, 5.41) is 18.8. The summed E-state index contributed by atoms with van der Waals surface area (Å²) in [5.74, 6) is -0.839. The van der Waals surface area contributed by atoms with Gasteiger partial charge >= 0.3 is 11.9 Å². The standard InChI is InChI=1S/2C22H19BrO3/c2*23-18-11-12-21(26-15-16-7-3-1-4-8-16)20(13-18)19(14-22(24)25)17-9-5-2-6-10-17/h2*1-13,19H,14-15H2,(H,24,25). The zero-order valence-electron chi connectivity index (χ0n) is 28.3. The predicted molar refractivity (Wildman–Crippen MR) is 211 cm³/mol. The van der Waals surface area contributed by atoms with Gasteiger partial charge in [-0.25, -0.2) is 0 Å². The lowest BCUT2D eigenvalue weighted by Crippen LogP contribution is -2.10. The second-order valence-electron chi connectivity index (χ2n) is 12.0. The predicted octanol–water partition coefficient (Wildman–Crippen LogP) is 11.3. The van der Waals surface area contributed by atoms with Gasteiger partial charge < -0.3 is 19.7 Å².